The van der Waals surface area contributed by atoms with Gasteiger partial charge in [-0.15, -0.1) is 0 Å². The largest absolute Gasteiger partial charge is 0.380 e. The van der Waals surface area contributed by atoms with Crippen LogP contribution in [0.4, 0.5) is 0 Å². The SMILES string of the molecule is CNC1CC2CCC(C1)N2CCOCC(C)C. The Morgan fingerprint density at radius 3 is 2.41 bits per heavy atom. The Morgan fingerprint density at radius 1 is 1.24 bits per heavy atom. The molecule has 0 aromatic carbocycles. The molecule has 3 nitrogen and oxygen atoms in total. The summed E-state index contributed by atoms with van der Waals surface area (Å²) in [7, 11) is 2.10. The van der Waals surface area contributed by atoms with Crippen LogP contribution < -0.4 is 5.32 Å². The van der Waals surface area contributed by atoms with Gasteiger partial charge in [-0.25, -0.2) is 0 Å². The fourth-order valence-electron chi connectivity index (χ4n) is 3.36. The Kier molecular flexibility index (Phi) is 4.83. The lowest BCUT2D eigenvalue weighted by Crippen LogP contribution is -2.49. The lowest BCUT2D eigenvalue weighted by Gasteiger charge is -2.38. The van der Waals surface area contributed by atoms with Crippen molar-refractivity contribution in [1.29, 1.82) is 0 Å². The van der Waals surface area contributed by atoms with Crippen LogP contribution in [-0.4, -0.2) is 49.8 Å². The van der Waals surface area contributed by atoms with Crippen molar-refractivity contribution in [2.75, 3.05) is 26.8 Å². The summed E-state index contributed by atoms with van der Waals surface area (Å²) in [6.07, 6.45) is 5.45. The van der Waals surface area contributed by atoms with Crippen LogP contribution in [-0.2, 0) is 4.74 Å². The average molecular weight is 240 g/mol. The second-order valence-corrected chi connectivity index (χ2v) is 6.05. The third kappa shape index (κ3) is 3.43. The second kappa shape index (κ2) is 6.17. The summed E-state index contributed by atoms with van der Waals surface area (Å²) in [6, 6.07) is 2.38. The molecule has 3 heteroatoms. The van der Waals surface area contributed by atoms with Gasteiger partial charge in [-0.2, -0.15) is 0 Å². The number of hydrogen-bond donors (Lipinski definition) is 1. The van der Waals surface area contributed by atoms with E-state index < -0.39 is 0 Å². The minimum atomic E-state index is 0.654. The van der Waals surface area contributed by atoms with E-state index in [0.717, 1.165) is 37.9 Å². The van der Waals surface area contributed by atoms with E-state index in [1.165, 1.54) is 25.7 Å². The molecular weight excluding hydrogens is 212 g/mol. The van der Waals surface area contributed by atoms with Gasteiger partial charge in [0.15, 0.2) is 0 Å². The summed E-state index contributed by atoms with van der Waals surface area (Å²) in [5, 5.41) is 3.45. The van der Waals surface area contributed by atoms with Crippen molar-refractivity contribution in [3.05, 3.63) is 0 Å². The van der Waals surface area contributed by atoms with E-state index in [-0.39, 0.29) is 0 Å². The first kappa shape index (κ1) is 13.3. The van der Waals surface area contributed by atoms with E-state index in [1.807, 2.05) is 0 Å². The Labute approximate surface area is 106 Å². The average Bonchev–Trinajstić information content (AvgIpc) is 2.55. The quantitative estimate of drug-likeness (QED) is 0.717. The summed E-state index contributed by atoms with van der Waals surface area (Å²) in [6.45, 7) is 7.38. The number of nitrogens with zero attached hydrogens (tertiary/aromatic N) is 1. The molecule has 0 aromatic rings. The summed E-state index contributed by atoms with van der Waals surface area (Å²) in [5.74, 6) is 0.654. The van der Waals surface area contributed by atoms with Gasteiger partial charge in [0.2, 0.25) is 0 Å². The normalized spacial score (nSPS) is 33.5. The van der Waals surface area contributed by atoms with Crippen molar-refractivity contribution in [2.45, 2.75) is 57.7 Å². The molecule has 0 spiro atoms. The highest BCUT2D eigenvalue weighted by Gasteiger charge is 2.39. The molecule has 1 N–H and O–H groups in total. The standard InChI is InChI=1S/C14H28N2O/c1-11(2)10-17-7-6-16-13-4-5-14(16)9-12(8-13)15-3/h11-15H,4-10H2,1-3H3. The Bertz CT molecular complexity index is 218. The van der Waals surface area contributed by atoms with Crippen molar-refractivity contribution in [2.24, 2.45) is 5.92 Å². The molecule has 0 saturated carbocycles. The molecule has 0 radical (unpaired) electrons. The van der Waals surface area contributed by atoms with Gasteiger partial charge >= 0.3 is 0 Å². The van der Waals surface area contributed by atoms with Crippen LogP contribution in [0.15, 0.2) is 0 Å². The van der Waals surface area contributed by atoms with E-state index in [2.05, 4.69) is 31.1 Å². The second-order valence-electron chi connectivity index (χ2n) is 6.05. The maximum absolute atomic E-state index is 5.72. The van der Waals surface area contributed by atoms with E-state index >= 15 is 0 Å². The maximum Gasteiger partial charge on any atom is 0.0593 e. The molecule has 2 aliphatic heterocycles. The van der Waals surface area contributed by atoms with E-state index in [9.17, 15) is 0 Å². The molecule has 2 rings (SSSR count). The van der Waals surface area contributed by atoms with Crippen molar-refractivity contribution in [1.82, 2.24) is 10.2 Å². The third-order valence-corrected chi connectivity index (χ3v) is 4.24. The molecule has 0 amide bonds. The number of piperidine rings is 1. The first-order valence-corrected chi connectivity index (χ1v) is 7.21. The fraction of sp³-hybridized carbons (Fsp3) is 1.00. The van der Waals surface area contributed by atoms with Gasteiger partial charge in [0, 0.05) is 31.3 Å². The third-order valence-electron chi connectivity index (χ3n) is 4.24. The van der Waals surface area contributed by atoms with Gasteiger partial charge in [-0.05, 0) is 38.6 Å². The highest BCUT2D eigenvalue weighted by Crippen LogP contribution is 2.35. The van der Waals surface area contributed by atoms with Crippen LogP contribution in [0.2, 0.25) is 0 Å². The number of ether oxygens (including phenoxy) is 1. The zero-order chi connectivity index (χ0) is 12.3. The summed E-state index contributed by atoms with van der Waals surface area (Å²) in [5.41, 5.74) is 0. The van der Waals surface area contributed by atoms with E-state index in [4.69, 9.17) is 4.74 Å². The minimum Gasteiger partial charge on any atom is -0.380 e. The van der Waals surface area contributed by atoms with Gasteiger partial charge in [0.1, 0.15) is 0 Å². The van der Waals surface area contributed by atoms with Crippen LogP contribution in [0.5, 0.6) is 0 Å². The fourth-order valence-corrected chi connectivity index (χ4v) is 3.36. The van der Waals surface area contributed by atoms with Crippen LogP contribution in [0.1, 0.15) is 39.5 Å². The topological polar surface area (TPSA) is 24.5 Å². The molecule has 2 saturated heterocycles. The maximum atomic E-state index is 5.72. The van der Waals surface area contributed by atoms with E-state index in [0.29, 0.717) is 5.92 Å². The molecule has 0 aliphatic carbocycles. The first-order chi connectivity index (χ1) is 8.20. The molecule has 2 aliphatic rings. The molecule has 2 unspecified atom stereocenters. The van der Waals surface area contributed by atoms with Crippen molar-refractivity contribution in [3.8, 4) is 0 Å². The number of rotatable bonds is 6. The number of nitrogens with one attached hydrogen (secondary N) is 1. The predicted octanol–water partition coefficient (Wildman–Crippen LogP) is 1.87. The smallest absolute Gasteiger partial charge is 0.0593 e. The first-order valence-electron chi connectivity index (χ1n) is 7.21. The Morgan fingerprint density at radius 2 is 1.88 bits per heavy atom. The minimum absolute atomic E-state index is 0.654. The van der Waals surface area contributed by atoms with Gasteiger partial charge in [-0.1, -0.05) is 13.8 Å². The summed E-state index contributed by atoms with van der Waals surface area (Å²) in [4.78, 5) is 2.70. The highest BCUT2D eigenvalue weighted by molar-refractivity contribution is 4.96. The monoisotopic (exact) mass is 240 g/mol. The number of hydrogen-bond acceptors (Lipinski definition) is 3. The molecule has 2 atom stereocenters. The molecule has 100 valence electrons. The lowest BCUT2D eigenvalue weighted by atomic mass is 9.97. The van der Waals surface area contributed by atoms with Gasteiger partial charge in [-0.3, -0.25) is 4.90 Å². The lowest BCUT2D eigenvalue weighted by molar-refractivity contribution is 0.0503. The van der Waals surface area contributed by atoms with Gasteiger partial charge < -0.3 is 10.1 Å². The van der Waals surface area contributed by atoms with Crippen LogP contribution in [0.25, 0.3) is 0 Å². The number of fused-ring (bicyclic) bond motifs is 2. The zero-order valence-corrected chi connectivity index (χ0v) is 11.6. The predicted molar refractivity (Wildman–Crippen MR) is 71.3 cm³/mol. The van der Waals surface area contributed by atoms with Crippen LogP contribution in [0, 0.1) is 5.92 Å². The highest BCUT2D eigenvalue weighted by atomic mass is 16.5. The van der Waals surface area contributed by atoms with Gasteiger partial charge in [0.05, 0.1) is 6.61 Å². The Hall–Kier alpha value is -0.120. The van der Waals surface area contributed by atoms with Crippen molar-refractivity contribution in [3.63, 3.8) is 0 Å². The van der Waals surface area contributed by atoms with Crippen molar-refractivity contribution < 1.29 is 4.74 Å². The van der Waals surface area contributed by atoms with Gasteiger partial charge in [0.25, 0.3) is 0 Å². The molecule has 2 bridgehead atoms. The van der Waals surface area contributed by atoms with E-state index in [1.54, 1.807) is 0 Å². The van der Waals surface area contributed by atoms with Crippen molar-refractivity contribution >= 4 is 0 Å². The summed E-state index contributed by atoms with van der Waals surface area (Å²) >= 11 is 0. The van der Waals surface area contributed by atoms with Crippen LogP contribution >= 0.6 is 0 Å². The summed E-state index contributed by atoms with van der Waals surface area (Å²) < 4.78 is 5.72. The van der Waals surface area contributed by atoms with Crippen LogP contribution in [0.3, 0.4) is 0 Å². The Balaban J connectivity index is 1.72. The molecule has 17 heavy (non-hydrogen) atoms. The molecule has 0 aromatic heterocycles. The molecule has 2 heterocycles. The zero-order valence-electron chi connectivity index (χ0n) is 11.6. The molecule has 2 fully saturated rings. The molecular formula is C14H28N2O.